The molecule has 0 amide bonds. The molecule has 4 heterocycles. The van der Waals surface area contributed by atoms with E-state index in [1.54, 1.807) is 17.5 Å². The van der Waals surface area contributed by atoms with Gasteiger partial charge in [-0.05, 0) is 37.4 Å². The summed E-state index contributed by atoms with van der Waals surface area (Å²) in [6.07, 6.45) is -2.62. The predicted molar refractivity (Wildman–Crippen MR) is 95.5 cm³/mol. The van der Waals surface area contributed by atoms with Gasteiger partial charge in [0.05, 0.1) is 25.3 Å². The Hall–Kier alpha value is -1.96. The number of aromatic nitrogens is 1. The van der Waals surface area contributed by atoms with Gasteiger partial charge < -0.3 is 9.52 Å². The van der Waals surface area contributed by atoms with E-state index in [0.717, 1.165) is 25.3 Å². The van der Waals surface area contributed by atoms with Crippen molar-refractivity contribution < 1.29 is 35.9 Å². The minimum Gasteiger partial charge on any atom is -0.475 e. The van der Waals surface area contributed by atoms with Crippen LogP contribution in [-0.4, -0.2) is 52.9 Å². The molecule has 0 atom stereocenters. The first kappa shape index (κ1) is 21.7. The molecular formula is C16H18F3N3O5S2. The van der Waals surface area contributed by atoms with Crippen molar-refractivity contribution in [3.8, 4) is 0 Å². The monoisotopic (exact) mass is 453 g/mol. The molecule has 0 bridgehead atoms. The van der Waals surface area contributed by atoms with E-state index in [4.69, 9.17) is 14.3 Å². The number of aliphatic carboxylic acids is 1. The average molecular weight is 453 g/mol. The molecular weight excluding hydrogens is 435 g/mol. The van der Waals surface area contributed by atoms with Crippen molar-refractivity contribution in [2.75, 3.05) is 13.1 Å². The Morgan fingerprint density at radius 3 is 2.45 bits per heavy atom. The van der Waals surface area contributed by atoms with Crippen LogP contribution in [0.1, 0.15) is 30.2 Å². The lowest BCUT2D eigenvalue weighted by atomic mass is 10.4. The van der Waals surface area contributed by atoms with E-state index < -0.39 is 22.2 Å². The first-order chi connectivity index (χ1) is 13.6. The summed E-state index contributed by atoms with van der Waals surface area (Å²) in [5, 5.41) is 8.90. The van der Waals surface area contributed by atoms with E-state index in [1.807, 2.05) is 0 Å². The molecule has 2 aliphatic heterocycles. The van der Waals surface area contributed by atoms with Crippen LogP contribution in [0.2, 0.25) is 0 Å². The highest BCUT2D eigenvalue weighted by molar-refractivity contribution is 7.91. The minimum atomic E-state index is -5.08. The number of thiophene rings is 1. The number of nitrogens with zero attached hydrogens (tertiary/aromatic N) is 3. The standard InChI is InChI=1S/C14H17N3O3S2.C2HF3O2/c18-22(19,14-4-3-7-21-14)17-8-11-12(9-17)20-13(15-11)10-16-5-1-2-6-16;3-2(4,5)1(6)7/h3-4,7H,1-2,5-6,8-10H2;(H,6,7). The first-order valence-electron chi connectivity index (χ1n) is 8.61. The van der Waals surface area contributed by atoms with Gasteiger partial charge in [-0.3, -0.25) is 4.90 Å². The summed E-state index contributed by atoms with van der Waals surface area (Å²) < 4.78 is 64.3. The number of alkyl halides is 3. The molecule has 1 fully saturated rings. The van der Waals surface area contributed by atoms with E-state index in [-0.39, 0.29) is 6.54 Å². The summed E-state index contributed by atoms with van der Waals surface area (Å²) in [4.78, 5) is 15.7. The number of sulfonamides is 1. The molecule has 1 saturated heterocycles. The summed E-state index contributed by atoms with van der Waals surface area (Å²) in [5.41, 5.74) is 0.759. The molecule has 2 aliphatic rings. The van der Waals surface area contributed by atoms with Crippen LogP contribution in [0.3, 0.4) is 0 Å². The van der Waals surface area contributed by atoms with Crippen molar-refractivity contribution in [3.05, 3.63) is 34.9 Å². The van der Waals surface area contributed by atoms with Crippen LogP contribution < -0.4 is 0 Å². The lowest BCUT2D eigenvalue weighted by molar-refractivity contribution is -0.192. The van der Waals surface area contributed by atoms with Gasteiger partial charge in [0, 0.05) is 0 Å². The molecule has 1 N–H and O–H groups in total. The lowest BCUT2D eigenvalue weighted by Gasteiger charge is -2.14. The second kappa shape index (κ2) is 8.42. The van der Waals surface area contributed by atoms with Crippen LogP contribution >= 0.6 is 11.3 Å². The van der Waals surface area contributed by atoms with E-state index in [2.05, 4.69) is 9.88 Å². The van der Waals surface area contributed by atoms with Gasteiger partial charge in [-0.25, -0.2) is 18.2 Å². The highest BCUT2D eigenvalue weighted by atomic mass is 32.2. The summed E-state index contributed by atoms with van der Waals surface area (Å²) in [6.45, 7) is 3.49. The molecule has 0 radical (unpaired) electrons. The number of fused-ring (bicyclic) bond motifs is 1. The van der Waals surface area contributed by atoms with Crippen molar-refractivity contribution >= 4 is 27.3 Å². The molecule has 0 unspecified atom stereocenters. The smallest absolute Gasteiger partial charge is 0.475 e. The molecule has 0 aromatic carbocycles. The number of hydrogen-bond donors (Lipinski definition) is 1. The maximum atomic E-state index is 12.5. The topological polar surface area (TPSA) is 104 Å². The number of carbonyl (C=O) groups is 1. The van der Waals surface area contributed by atoms with Crippen LogP contribution in [-0.2, 0) is 34.5 Å². The van der Waals surface area contributed by atoms with Gasteiger partial charge in [-0.15, -0.1) is 11.3 Å². The largest absolute Gasteiger partial charge is 0.490 e. The third-order valence-corrected chi connectivity index (χ3v) is 7.52. The maximum absolute atomic E-state index is 12.5. The highest BCUT2D eigenvalue weighted by Crippen LogP contribution is 2.31. The van der Waals surface area contributed by atoms with Crippen molar-refractivity contribution in [3.63, 3.8) is 0 Å². The first-order valence-corrected chi connectivity index (χ1v) is 10.9. The van der Waals surface area contributed by atoms with Gasteiger partial charge in [0.1, 0.15) is 9.97 Å². The maximum Gasteiger partial charge on any atom is 0.490 e. The number of carboxylic acids is 1. The Labute approximate surface area is 168 Å². The van der Waals surface area contributed by atoms with Gasteiger partial charge in [-0.1, -0.05) is 6.07 Å². The van der Waals surface area contributed by atoms with Crippen LogP contribution in [0, 0.1) is 0 Å². The van der Waals surface area contributed by atoms with Crippen molar-refractivity contribution in [2.45, 2.75) is 42.9 Å². The molecule has 160 valence electrons. The fourth-order valence-electron chi connectivity index (χ4n) is 2.97. The molecule has 13 heteroatoms. The Bertz CT molecular complexity index is 928. The van der Waals surface area contributed by atoms with Gasteiger partial charge >= 0.3 is 12.1 Å². The van der Waals surface area contributed by atoms with Crippen LogP contribution in [0.4, 0.5) is 13.2 Å². The number of rotatable bonds is 4. The third kappa shape index (κ3) is 5.15. The van der Waals surface area contributed by atoms with E-state index in [0.29, 0.717) is 22.4 Å². The SMILES string of the molecule is O=C(O)C(F)(F)F.O=S(=O)(c1cccs1)N1Cc2nc(CN3CCCC3)oc2C1. The molecule has 29 heavy (non-hydrogen) atoms. The summed E-state index contributed by atoms with van der Waals surface area (Å²) >= 11 is 1.24. The van der Waals surface area contributed by atoms with Gasteiger partial charge in [0.15, 0.2) is 0 Å². The van der Waals surface area contributed by atoms with Crippen molar-refractivity contribution in [2.24, 2.45) is 0 Å². The molecule has 0 spiro atoms. The normalized spacial score (nSPS) is 17.8. The average Bonchev–Trinajstić information content (AvgIpc) is 3.39. The van der Waals surface area contributed by atoms with Crippen LogP contribution in [0.5, 0.6) is 0 Å². The molecule has 0 saturated carbocycles. The zero-order chi connectivity index (χ0) is 21.2. The molecule has 0 aliphatic carbocycles. The van der Waals surface area contributed by atoms with Crippen LogP contribution in [0.25, 0.3) is 0 Å². The van der Waals surface area contributed by atoms with Crippen LogP contribution in [0.15, 0.2) is 26.1 Å². The number of oxazole rings is 1. The minimum absolute atomic E-state index is 0.280. The quantitative estimate of drug-likeness (QED) is 0.759. The van der Waals surface area contributed by atoms with Gasteiger partial charge in [0.25, 0.3) is 10.0 Å². The zero-order valence-corrected chi connectivity index (χ0v) is 16.7. The van der Waals surface area contributed by atoms with E-state index in [1.165, 1.54) is 28.5 Å². The number of hydrogen-bond acceptors (Lipinski definition) is 7. The Balaban J connectivity index is 0.000000298. The Morgan fingerprint density at radius 2 is 1.93 bits per heavy atom. The lowest BCUT2D eigenvalue weighted by Crippen LogP contribution is -2.25. The molecule has 4 rings (SSSR count). The Morgan fingerprint density at radius 1 is 1.28 bits per heavy atom. The van der Waals surface area contributed by atoms with Gasteiger partial charge in [0.2, 0.25) is 5.89 Å². The predicted octanol–water partition coefficient (Wildman–Crippen LogP) is 2.67. The second-order valence-corrected chi connectivity index (χ2v) is 9.58. The summed E-state index contributed by atoms with van der Waals surface area (Å²) in [5.74, 6) is -1.36. The fraction of sp³-hybridized carbons (Fsp3) is 0.500. The third-order valence-electron chi connectivity index (χ3n) is 4.36. The van der Waals surface area contributed by atoms with Gasteiger partial charge in [-0.2, -0.15) is 17.5 Å². The van der Waals surface area contributed by atoms with E-state index in [9.17, 15) is 21.6 Å². The zero-order valence-electron chi connectivity index (χ0n) is 15.1. The van der Waals surface area contributed by atoms with Crippen molar-refractivity contribution in [1.82, 2.24) is 14.2 Å². The number of halogens is 3. The summed E-state index contributed by atoms with van der Waals surface area (Å²) in [7, 11) is -3.43. The molecule has 2 aromatic rings. The molecule has 2 aromatic heterocycles. The fourth-order valence-corrected chi connectivity index (χ4v) is 5.48. The highest BCUT2D eigenvalue weighted by Gasteiger charge is 2.38. The van der Waals surface area contributed by atoms with Crippen molar-refractivity contribution in [1.29, 1.82) is 0 Å². The number of carboxylic acid groups (broad SMARTS) is 1. The Kier molecular flexibility index (Phi) is 6.31. The van der Waals surface area contributed by atoms with E-state index >= 15 is 0 Å². The number of likely N-dealkylation sites (tertiary alicyclic amines) is 1. The second-order valence-electron chi connectivity index (χ2n) is 6.47. The molecule has 8 nitrogen and oxygen atoms in total. The summed E-state index contributed by atoms with van der Waals surface area (Å²) in [6, 6.07) is 3.38.